The van der Waals surface area contributed by atoms with Gasteiger partial charge in [0.25, 0.3) is 0 Å². The van der Waals surface area contributed by atoms with Gasteiger partial charge in [-0.05, 0) is 44.7 Å². The Kier molecular flexibility index (Phi) is 6.38. The number of hydrogen-bond donors (Lipinski definition) is 0. The lowest BCUT2D eigenvalue weighted by molar-refractivity contribution is -0.140. The molecule has 1 atom stereocenters. The van der Waals surface area contributed by atoms with Crippen LogP contribution in [0.4, 0.5) is 5.69 Å². The van der Waals surface area contributed by atoms with E-state index in [2.05, 4.69) is 45.9 Å². The van der Waals surface area contributed by atoms with Crippen molar-refractivity contribution >= 4 is 17.5 Å². The van der Waals surface area contributed by atoms with E-state index in [1.165, 1.54) is 5.69 Å². The first-order valence-electron chi connectivity index (χ1n) is 11.3. The SMILES string of the molecule is CC(C(=O)N1CCN(c2ccccc2)CC1)N1CCC(N2CCCCC2=O)CC1. The van der Waals surface area contributed by atoms with Crippen LogP contribution in [-0.4, -0.2) is 84.4 Å². The standard InChI is InChI=1S/C23H34N4O2/c1-19(24-13-10-21(11-14-24)27-12-6-5-9-22(27)28)23(29)26-17-15-25(16-18-26)20-7-3-2-4-8-20/h2-4,7-8,19,21H,5-6,9-18H2,1H3. The Hall–Kier alpha value is -2.08. The lowest BCUT2D eigenvalue weighted by Gasteiger charge is -2.43. The number of anilines is 1. The van der Waals surface area contributed by atoms with Gasteiger partial charge in [0.2, 0.25) is 11.8 Å². The number of amides is 2. The summed E-state index contributed by atoms with van der Waals surface area (Å²) in [5, 5.41) is 0. The molecule has 1 aromatic rings. The third kappa shape index (κ3) is 4.58. The first-order valence-corrected chi connectivity index (χ1v) is 11.3. The highest BCUT2D eigenvalue weighted by atomic mass is 16.2. The molecule has 1 unspecified atom stereocenters. The van der Waals surface area contributed by atoms with Crippen LogP contribution in [0.25, 0.3) is 0 Å². The fraction of sp³-hybridized carbons (Fsp3) is 0.652. The molecule has 4 rings (SSSR count). The predicted molar refractivity (Wildman–Crippen MR) is 115 cm³/mol. The fourth-order valence-electron chi connectivity index (χ4n) is 5.04. The van der Waals surface area contributed by atoms with E-state index in [4.69, 9.17) is 0 Å². The Morgan fingerprint density at radius 3 is 2.28 bits per heavy atom. The lowest BCUT2D eigenvalue weighted by atomic mass is 9.98. The van der Waals surface area contributed by atoms with E-state index in [1.807, 2.05) is 11.0 Å². The van der Waals surface area contributed by atoms with Crippen LogP contribution in [0.1, 0.15) is 39.0 Å². The number of piperazine rings is 1. The number of para-hydroxylation sites is 1. The maximum absolute atomic E-state index is 13.1. The molecule has 0 spiro atoms. The van der Waals surface area contributed by atoms with Gasteiger partial charge >= 0.3 is 0 Å². The molecule has 0 bridgehead atoms. The van der Waals surface area contributed by atoms with Gasteiger partial charge in [-0.2, -0.15) is 0 Å². The van der Waals surface area contributed by atoms with Crippen molar-refractivity contribution < 1.29 is 9.59 Å². The molecular weight excluding hydrogens is 364 g/mol. The number of rotatable bonds is 4. The van der Waals surface area contributed by atoms with Crippen LogP contribution in [0.2, 0.25) is 0 Å². The van der Waals surface area contributed by atoms with E-state index in [0.29, 0.717) is 18.4 Å². The van der Waals surface area contributed by atoms with Gasteiger partial charge in [-0.3, -0.25) is 14.5 Å². The number of likely N-dealkylation sites (tertiary alicyclic amines) is 2. The second kappa shape index (κ2) is 9.16. The van der Waals surface area contributed by atoms with Crippen molar-refractivity contribution in [1.29, 1.82) is 0 Å². The number of carbonyl (C=O) groups excluding carboxylic acids is 2. The topological polar surface area (TPSA) is 47.1 Å². The van der Waals surface area contributed by atoms with Gasteiger partial charge in [0.1, 0.15) is 0 Å². The zero-order valence-corrected chi connectivity index (χ0v) is 17.6. The Morgan fingerprint density at radius 2 is 1.62 bits per heavy atom. The minimum absolute atomic E-state index is 0.0729. The van der Waals surface area contributed by atoms with E-state index in [9.17, 15) is 9.59 Å². The largest absolute Gasteiger partial charge is 0.368 e. The van der Waals surface area contributed by atoms with E-state index in [1.54, 1.807) is 0 Å². The minimum atomic E-state index is -0.0729. The molecule has 2 amide bonds. The maximum atomic E-state index is 13.1. The van der Waals surface area contributed by atoms with E-state index < -0.39 is 0 Å². The Labute approximate surface area is 174 Å². The van der Waals surface area contributed by atoms with Gasteiger partial charge < -0.3 is 14.7 Å². The van der Waals surface area contributed by atoms with Gasteiger partial charge in [-0.25, -0.2) is 0 Å². The Morgan fingerprint density at radius 1 is 0.931 bits per heavy atom. The van der Waals surface area contributed by atoms with E-state index >= 15 is 0 Å². The zero-order valence-electron chi connectivity index (χ0n) is 17.6. The molecule has 6 heteroatoms. The summed E-state index contributed by atoms with van der Waals surface area (Å²) in [6.07, 6.45) is 4.87. The molecule has 0 radical (unpaired) electrons. The van der Waals surface area contributed by atoms with Crippen molar-refractivity contribution in [2.45, 2.75) is 51.1 Å². The van der Waals surface area contributed by atoms with Crippen LogP contribution in [0.3, 0.4) is 0 Å². The summed E-state index contributed by atoms with van der Waals surface area (Å²) in [7, 11) is 0. The average molecular weight is 399 g/mol. The van der Waals surface area contributed by atoms with Crippen molar-refractivity contribution in [3.05, 3.63) is 30.3 Å². The fourth-order valence-corrected chi connectivity index (χ4v) is 5.04. The van der Waals surface area contributed by atoms with E-state index in [-0.39, 0.29) is 11.9 Å². The molecule has 3 fully saturated rings. The summed E-state index contributed by atoms with van der Waals surface area (Å²) < 4.78 is 0. The van der Waals surface area contributed by atoms with Gasteiger partial charge in [-0.1, -0.05) is 18.2 Å². The quantitative estimate of drug-likeness (QED) is 0.780. The van der Waals surface area contributed by atoms with Gasteiger partial charge in [-0.15, -0.1) is 0 Å². The molecule has 29 heavy (non-hydrogen) atoms. The van der Waals surface area contributed by atoms with Gasteiger partial charge in [0, 0.05) is 64.0 Å². The summed E-state index contributed by atoms with van der Waals surface area (Å²) in [4.78, 5) is 34.1. The van der Waals surface area contributed by atoms with Crippen LogP contribution in [0.15, 0.2) is 30.3 Å². The number of piperidine rings is 2. The molecule has 3 aliphatic rings. The molecule has 0 saturated carbocycles. The summed E-state index contributed by atoms with van der Waals surface area (Å²) in [5.74, 6) is 0.584. The molecule has 3 aliphatic heterocycles. The minimum Gasteiger partial charge on any atom is -0.368 e. The third-order valence-electron chi connectivity index (χ3n) is 6.92. The smallest absolute Gasteiger partial charge is 0.239 e. The number of carbonyl (C=O) groups is 2. The molecular formula is C23H34N4O2. The van der Waals surface area contributed by atoms with Crippen LogP contribution in [0, 0.1) is 0 Å². The summed E-state index contributed by atoms with van der Waals surface area (Å²) in [6, 6.07) is 10.7. The molecule has 6 nitrogen and oxygen atoms in total. The monoisotopic (exact) mass is 398 g/mol. The van der Waals surface area contributed by atoms with Crippen LogP contribution < -0.4 is 4.90 Å². The highest BCUT2D eigenvalue weighted by Crippen LogP contribution is 2.23. The molecule has 0 N–H and O–H groups in total. The molecule has 1 aromatic carbocycles. The van der Waals surface area contributed by atoms with Crippen LogP contribution in [-0.2, 0) is 9.59 Å². The normalized spacial score (nSPS) is 23.3. The van der Waals surface area contributed by atoms with Crippen molar-refractivity contribution in [2.24, 2.45) is 0 Å². The van der Waals surface area contributed by atoms with Crippen molar-refractivity contribution in [1.82, 2.24) is 14.7 Å². The lowest BCUT2D eigenvalue weighted by Crippen LogP contribution is -2.56. The number of nitrogens with zero attached hydrogens (tertiary/aromatic N) is 4. The summed E-state index contributed by atoms with van der Waals surface area (Å²) in [6.45, 7) is 8.15. The first kappa shape index (κ1) is 20.2. The zero-order chi connectivity index (χ0) is 20.2. The molecule has 158 valence electrons. The van der Waals surface area contributed by atoms with Crippen molar-refractivity contribution in [3.63, 3.8) is 0 Å². The van der Waals surface area contributed by atoms with E-state index in [0.717, 1.165) is 71.5 Å². The van der Waals surface area contributed by atoms with Crippen molar-refractivity contribution in [3.8, 4) is 0 Å². The average Bonchev–Trinajstić information content (AvgIpc) is 2.79. The summed E-state index contributed by atoms with van der Waals surface area (Å²) in [5.41, 5.74) is 1.24. The second-order valence-electron chi connectivity index (χ2n) is 8.64. The number of benzene rings is 1. The van der Waals surface area contributed by atoms with Gasteiger partial charge in [0.05, 0.1) is 6.04 Å². The second-order valence-corrected chi connectivity index (χ2v) is 8.64. The predicted octanol–water partition coefficient (Wildman–Crippen LogP) is 2.20. The third-order valence-corrected chi connectivity index (χ3v) is 6.92. The maximum Gasteiger partial charge on any atom is 0.239 e. The molecule has 0 aromatic heterocycles. The van der Waals surface area contributed by atoms with Crippen LogP contribution in [0.5, 0.6) is 0 Å². The highest BCUT2D eigenvalue weighted by Gasteiger charge is 2.34. The number of hydrogen-bond acceptors (Lipinski definition) is 4. The Balaban J connectivity index is 1.25. The van der Waals surface area contributed by atoms with Crippen molar-refractivity contribution in [2.75, 3.05) is 50.7 Å². The molecule has 3 saturated heterocycles. The first-order chi connectivity index (χ1) is 14.1. The highest BCUT2D eigenvalue weighted by molar-refractivity contribution is 5.82. The molecule has 3 heterocycles. The van der Waals surface area contributed by atoms with Gasteiger partial charge in [0.15, 0.2) is 0 Å². The Bertz CT molecular complexity index is 694. The molecule has 0 aliphatic carbocycles. The van der Waals surface area contributed by atoms with Crippen LogP contribution >= 0.6 is 0 Å². The summed E-state index contributed by atoms with van der Waals surface area (Å²) >= 11 is 0.